The molecule has 0 aliphatic rings. The summed E-state index contributed by atoms with van der Waals surface area (Å²) in [4.78, 5) is 11.0. The zero-order valence-electron chi connectivity index (χ0n) is 12.8. The Morgan fingerprint density at radius 3 is 2.22 bits per heavy atom. The fourth-order valence-electron chi connectivity index (χ4n) is 2.05. The monoisotopic (exact) mass is 334 g/mol. The summed E-state index contributed by atoms with van der Waals surface area (Å²) in [5, 5.41) is 10.7. The van der Waals surface area contributed by atoms with Crippen LogP contribution in [-0.4, -0.2) is 28.8 Å². The van der Waals surface area contributed by atoms with Crippen molar-refractivity contribution in [3.63, 3.8) is 0 Å². The lowest BCUT2D eigenvalue weighted by atomic mass is 10.1. The Labute approximate surface area is 140 Å². The largest absolute Gasteiger partial charge is 0.457 e. The van der Waals surface area contributed by atoms with Gasteiger partial charge in [0.05, 0.1) is 6.54 Å². The first-order chi connectivity index (χ1) is 10.9. The highest BCUT2D eigenvalue weighted by atomic mass is 35.5. The van der Waals surface area contributed by atoms with Gasteiger partial charge in [0, 0.05) is 18.0 Å². The number of rotatable bonds is 6. The van der Waals surface area contributed by atoms with E-state index in [2.05, 4.69) is 0 Å². The summed E-state index contributed by atoms with van der Waals surface area (Å²) in [7, 11) is 0. The van der Waals surface area contributed by atoms with Crippen LogP contribution >= 0.6 is 11.6 Å². The van der Waals surface area contributed by atoms with E-state index in [4.69, 9.17) is 22.1 Å². The van der Waals surface area contributed by atoms with Crippen LogP contribution in [0, 0.1) is 0 Å². The maximum absolute atomic E-state index is 11.0. The topological polar surface area (TPSA) is 75.8 Å². The number of nitrogens with zero attached hydrogens (tertiary/aromatic N) is 1. The number of hydrogen-bond donors (Lipinski definition) is 2. The molecule has 3 N–H and O–H groups in total. The minimum Gasteiger partial charge on any atom is -0.457 e. The van der Waals surface area contributed by atoms with Crippen molar-refractivity contribution in [2.45, 2.75) is 19.4 Å². The molecule has 2 aromatic rings. The van der Waals surface area contributed by atoms with Crippen molar-refractivity contribution in [3.8, 4) is 11.5 Å². The number of halogens is 1. The van der Waals surface area contributed by atoms with Crippen molar-refractivity contribution < 1.29 is 14.7 Å². The number of hydroxylamine groups is 2. The molecule has 0 saturated heterocycles. The smallest absolute Gasteiger partial charge is 0.242 e. The zero-order valence-corrected chi connectivity index (χ0v) is 13.5. The van der Waals surface area contributed by atoms with E-state index in [0.717, 1.165) is 5.56 Å². The second kappa shape index (κ2) is 7.97. The summed E-state index contributed by atoms with van der Waals surface area (Å²) >= 11 is 5.83. The third-order valence-electron chi connectivity index (χ3n) is 3.24. The van der Waals surface area contributed by atoms with E-state index >= 15 is 0 Å². The van der Waals surface area contributed by atoms with Crippen molar-refractivity contribution in [2.75, 3.05) is 6.54 Å². The summed E-state index contributed by atoms with van der Waals surface area (Å²) in [6, 6.07) is 14.3. The third kappa shape index (κ3) is 5.56. The van der Waals surface area contributed by atoms with Crippen LogP contribution in [0.2, 0.25) is 5.02 Å². The Bertz CT molecular complexity index is 644. The van der Waals surface area contributed by atoms with Gasteiger partial charge in [-0.15, -0.1) is 0 Å². The van der Waals surface area contributed by atoms with Gasteiger partial charge in [0.25, 0.3) is 0 Å². The SMILES string of the molecule is CC(=O)N(O)CC(N)Cc1ccc(Oc2ccc(Cl)cc2)cc1. The molecule has 0 spiro atoms. The molecule has 0 aliphatic heterocycles. The summed E-state index contributed by atoms with van der Waals surface area (Å²) < 4.78 is 5.71. The van der Waals surface area contributed by atoms with E-state index in [9.17, 15) is 10.0 Å². The maximum Gasteiger partial charge on any atom is 0.242 e. The van der Waals surface area contributed by atoms with E-state index < -0.39 is 5.91 Å². The van der Waals surface area contributed by atoms with Gasteiger partial charge in [-0.3, -0.25) is 10.0 Å². The lowest BCUT2D eigenvalue weighted by Crippen LogP contribution is -2.39. The molecule has 0 fully saturated rings. The van der Waals surface area contributed by atoms with Gasteiger partial charge in [0.15, 0.2) is 0 Å². The van der Waals surface area contributed by atoms with Crippen LogP contribution < -0.4 is 10.5 Å². The molecular formula is C17H19ClN2O3. The fraction of sp³-hybridized carbons (Fsp3) is 0.235. The Hall–Kier alpha value is -2.08. The number of ether oxygens (including phenoxy) is 1. The van der Waals surface area contributed by atoms with Gasteiger partial charge in [-0.1, -0.05) is 23.7 Å². The number of nitrogens with two attached hydrogens (primary N) is 1. The van der Waals surface area contributed by atoms with Gasteiger partial charge in [0.1, 0.15) is 11.5 Å². The molecule has 6 heteroatoms. The summed E-state index contributed by atoms with van der Waals surface area (Å²) in [6.07, 6.45) is 0.547. The van der Waals surface area contributed by atoms with Crippen LogP contribution in [0.1, 0.15) is 12.5 Å². The molecule has 0 aromatic heterocycles. The van der Waals surface area contributed by atoms with Gasteiger partial charge >= 0.3 is 0 Å². The van der Waals surface area contributed by atoms with Gasteiger partial charge in [0.2, 0.25) is 5.91 Å². The molecule has 0 radical (unpaired) electrons. The van der Waals surface area contributed by atoms with E-state index in [1.54, 1.807) is 24.3 Å². The lowest BCUT2D eigenvalue weighted by Gasteiger charge is -2.18. The molecule has 23 heavy (non-hydrogen) atoms. The van der Waals surface area contributed by atoms with Gasteiger partial charge in [-0.05, 0) is 48.4 Å². The van der Waals surface area contributed by atoms with E-state index in [0.29, 0.717) is 28.0 Å². The Morgan fingerprint density at radius 1 is 1.17 bits per heavy atom. The third-order valence-corrected chi connectivity index (χ3v) is 3.49. The van der Waals surface area contributed by atoms with Crippen LogP contribution in [0.4, 0.5) is 0 Å². The second-order valence-corrected chi connectivity index (χ2v) is 5.70. The molecule has 0 saturated carbocycles. The normalized spacial score (nSPS) is 11.8. The molecule has 2 rings (SSSR count). The molecule has 1 unspecified atom stereocenters. The molecule has 2 aromatic carbocycles. The highest BCUT2D eigenvalue weighted by Crippen LogP contribution is 2.23. The molecule has 1 amide bonds. The van der Waals surface area contributed by atoms with E-state index in [-0.39, 0.29) is 12.6 Å². The molecule has 122 valence electrons. The standard InChI is InChI=1S/C17H19ClN2O3/c1-12(21)20(22)11-15(19)10-13-2-6-16(7-3-13)23-17-8-4-14(18)5-9-17/h2-9,15,22H,10-11,19H2,1H3. The van der Waals surface area contributed by atoms with Crippen LogP contribution in [-0.2, 0) is 11.2 Å². The molecule has 5 nitrogen and oxygen atoms in total. The molecule has 1 atom stereocenters. The highest BCUT2D eigenvalue weighted by molar-refractivity contribution is 6.30. The summed E-state index contributed by atoms with van der Waals surface area (Å²) in [5.41, 5.74) is 6.92. The van der Waals surface area contributed by atoms with Crippen molar-refractivity contribution in [3.05, 3.63) is 59.1 Å². The second-order valence-electron chi connectivity index (χ2n) is 5.27. The van der Waals surface area contributed by atoms with Crippen molar-refractivity contribution in [1.82, 2.24) is 5.06 Å². The van der Waals surface area contributed by atoms with Gasteiger partial charge in [-0.2, -0.15) is 0 Å². The predicted octanol–water partition coefficient (Wildman–Crippen LogP) is 3.24. The van der Waals surface area contributed by atoms with Crippen LogP contribution in [0.15, 0.2) is 48.5 Å². The molecular weight excluding hydrogens is 316 g/mol. The van der Waals surface area contributed by atoms with Crippen LogP contribution in [0.25, 0.3) is 0 Å². The summed E-state index contributed by atoms with van der Waals surface area (Å²) in [6.45, 7) is 1.38. The number of carbonyl (C=O) groups excluding carboxylic acids is 1. The van der Waals surface area contributed by atoms with E-state index in [1.807, 2.05) is 24.3 Å². The quantitative estimate of drug-likeness (QED) is 0.628. The average Bonchev–Trinajstić information content (AvgIpc) is 2.51. The Morgan fingerprint density at radius 2 is 1.70 bits per heavy atom. The first-order valence-electron chi connectivity index (χ1n) is 7.19. The Balaban J connectivity index is 1.91. The number of amides is 1. The van der Waals surface area contributed by atoms with Gasteiger partial charge < -0.3 is 10.5 Å². The lowest BCUT2D eigenvalue weighted by molar-refractivity contribution is -0.163. The average molecular weight is 335 g/mol. The molecule has 0 bridgehead atoms. The predicted molar refractivity (Wildman–Crippen MR) is 88.8 cm³/mol. The summed E-state index contributed by atoms with van der Waals surface area (Å²) in [5.74, 6) is 0.987. The molecule has 0 aliphatic carbocycles. The van der Waals surface area contributed by atoms with Crippen molar-refractivity contribution >= 4 is 17.5 Å². The molecule has 0 heterocycles. The number of carbonyl (C=O) groups is 1. The van der Waals surface area contributed by atoms with Gasteiger partial charge in [-0.25, -0.2) is 5.06 Å². The Kier molecular flexibility index (Phi) is 5.98. The van der Waals surface area contributed by atoms with Crippen molar-refractivity contribution in [2.24, 2.45) is 5.73 Å². The number of benzene rings is 2. The van der Waals surface area contributed by atoms with Crippen LogP contribution in [0.3, 0.4) is 0 Å². The first-order valence-corrected chi connectivity index (χ1v) is 7.57. The fourth-order valence-corrected chi connectivity index (χ4v) is 2.18. The van der Waals surface area contributed by atoms with Crippen LogP contribution in [0.5, 0.6) is 11.5 Å². The first kappa shape index (κ1) is 17.3. The number of hydrogen-bond acceptors (Lipinski definition) is 4. The highest BCUT2D eigenvalue weighted by Gasteiger charge is 2.11. The minimum atomic E-state index is -0.424. The zero-order chi connectivity index (χ0) is 16.8. The van der Waals surface area contributed by atoms with Crippen molar-refractivity contribution in [1.29, 1.82) is 0 Å². The minimum absolute atomic E-state index is 0.0956. The van der Waals surface area contributed by atoms with E-state index in [1.165, 1.54) is 6.92 Å². The maximum atomic E-state index is 11.0.